The molecule has 1 nitrogen and oxygen atoms in total. The van der Waals surface area contributed by atoms with Crippen LogP contribution in [0, 0.1) is 6.92 Å². The van der Waals surface area contributed by atoms with Gasteiger partial charge in [-0.05, 0) is 36.3 Å². The van der Waals surface area contributed by atoms with Crippen molar-refractivity contribution < 1.29 is 0 Å². The molecule has 0 atom stereocenters. The van der Waals surface area contributed by atoms with Gasteiger partial charge in [0.15, 0.2) is 0 Å². The molecule has 0 N–H and O–H groups in total. The molecule has 0 unspecified atom stereocenters. The van der Waals surface area contributed by atoms with Crippen LogP contribution < -0.4 is 4.90 Å². The predicted molar refractivity (Wildman–Crippen MR) is 77.2 cm³/mol. The van der Waals surface area contributed by atoms with E-state index in [9.17, 15) is 0 Å². The summed E-state index contributed by atoms with van der Waals surface area (Å²) in [5.74, 6) is 0. The molecule has 0 aliphatic rings. The van der Waals surface area contributed by atoms with Crippen molar-refractivity contribution in [2.75, 3.05) is 11.9 Å². The van der Waals surface area contributed by atoms with Gasteiger partial charge < -0.3 is 4.90 Å². The van der Waals surface area contributed by atoms with Gasteiger partial charge in [-0.3, -0.25) is 0 Å². The molecule has 1 aromatic rings. The predicted octanol–water partition coefficient (Wildman–Crippen LogP) is 4.24. The van der Waals surface area contributed by atoms with Crippen LogP contribution in [-0.2, 0) is 0 Å². The summed E-state index contributed by atoms with van der Waals surface area (Å²) < 4.78 is 0. The Morgan fingerprint density at radius 3 is 2.53 bits per heavy atom. The minimum absolute atomic E-state index is 0.879. The van der Waals surface area contributed by atoms with Crippen molar-refractivity contribution in [2.24, 2.45) is 0 Å². The first-order valence-electron chi connectivity index (χ1n) is 5.53. The Hall–Kier alpha value is -2.02. The van der Waals surface area contributed by atoms with Crippen molar-refractivity contribution in [2.45, 2.75) is 6.92 Å². The van der Waals surface area contributed by atoms with Crippen LogP contribution in [-0.4, -0.2) is 7.05 Å². The zero-order chi connectivity index (χ0) is 12.8. The molecular weight excluding hydrogens is 206 g/mol. The summed E-state index contributed by atoms with van der Waals surface area (Å²) in [5.41, 5.74) is 4.16. The molecule has 0 heterocycles. The molecule has 0 aromatic heterocycles. The summed E-state index contributed by atoms with van der Waals surface area (Å²) in [7, 11) is 2.00. The van der Waals surface area contributed by atoms with E-state index in [1.54, 1.807) is 6.08 Å². The molecular formula is C16H19N. The summed E-state index contributed by atoms with van der Waals surface area (Å²) in [5, 5.41) is 0. The fourth-order valence-electron chi connectivity index (χ4n) is 1.39. The molecule has 0 aliphatic heterocycles. The largest absolute Gasteiger partial charge is 0.345 e. The van der Waals surface area contributed by atoms with E-state index in [1.165, 1.54) is 5.56 Å². The minimum Gasteiger partial charge on any atom is -0.345 e. The second kappa shape index (κ2) is 5.90. The first-order chi connectivity index (χ1) is 8.04. The number of benzene rings is 1. The number of nitrogens with zero attached hydrogens (tertiary/aromatic N) is 1. The van der Waals surface area contributed by atoms with Crippen LogP contribution in [0.3, 0.4) is 0 Å². The standard InChI is InChI=1S/C16H19N/c1-6-13(2)10-11-15(4)17(5)16-9-7-8-14(3)12-16/h6-12H,1-2,4H2,3,5H3. The number of anilines is 1. The molecule has 0 fully saturated rings. The number of hydrogen-bond donors (Lipinski definition) is 0. The van der Waals surface area contributed by atoms with E-state index in [0.717, 1.165) is 17.0 Å². The molecule has 0 saturated heterocycles. The van der Waals surface area contributed by atoms with Gasteiger partial charge in [0.2, 0.25) is 0 Å². The van der Waals surface area contributed by atoms with Crippen LogP contribution in [0.25, 0.3) is 0 Å². The molecule has 0 bridgehead atoms. The lowest BCUT2D eigenvalue weighted by Gasteiger charge is -2.20. The van der Waals surface area contributed by atoms with Gasteiger partial charge in [-0.2, -0.15) is 0 Å². The maximum Gasteiger partial charge on any atom is 0.0410 e. The van der Waals surface area contributed by atoms with E-state index in [0.29, 0.717) is 0 Å². The van der Waals surface area contributed by atoms with Crippen molar-refractivity contribution in [3.8, 4) is 0 Å². The van der Waals surface area contributed by atoms with Gasteiger partial charge in [-0.25, -0.2) is 0 Å². The molecule has 0 aliphatic carbocycles. The fourth-order valence-corrected chi connectivity index (χ4v) is 1.39. The van der Waals surface area contributed by atoms with Crippen molar-refractivity contribution in [1.29, 1.82) is 0 Å². The molecule has 0 saturated carbocycles. The summed E-state index contributed by atoms with van der Waals surface area (Å²) in [6.07, 6.45) is 5.56. The van der Waals surface area contributed by atoms with Crippen LogP contribution in [0.5, 0.6) is 0 Å². The highest BCUT2D eigenvalue weighted by molar-refractivity contribution is 5.54. The van der Waals surface area contributed by atoms with Crippen molar-refractivity contribution >= 4 is 5.69 Å². The van der Waals surface area contributed by atoms with Crippen LogP contribution in [0.1, 0.15) is 5.56 Å². The number of allylic oxidation sites excluding steroid dienone is 4. The van der Waals surface area contributed by atoms with Gasteiger partial charge in [0.1, 0.15) is 0 Å². The summed E-state index contributed by atoms with van der Waals surface area (Å²) >= 11 is 0. The number of aryl methyl sites for hydroxylation is 1. The molecule has 0 amide bonds. The van der Waals surface area contributed by atoms with Crippen LogP contribution in [0.4, 0.5) is 5.69 Å². The third-order valence-electron chi connectivity index (χ3n) is 2.57. The molecule has 0 spiro atoms. The number of rotatable bonds is 5. The van der Waals surface area contributed by atoms with Crippen molar-refractivity contribution in [3.63, 3.8) is 0 Å². The Bertz CT molecular complexity index is 466. The molecule has 1 aromatic carbocycles. The van der Waals surface area contributed by atoms with E-state index >= 15 is 0 Å². The molecule has 1 heteroatoms. The first-order valence-corrected chi connectivity index (χ1v) is 5.53. The number of hydrogen-bond acceptors (Lipinski definition) is 1. The number of likely N-dealkylation sites (N-methyl/N-ethyl adjacent to an activating group) is 1. The Morgan fingerprint density at radius 1 is 1.24 bits per heavy atom. The van der Waals surface area contributed by atoms with E-state index < -0.39 is 0 Å². The third kappa shape index (κ3) is 3.80. The van der Waals surface area contributed by atoms with E-state index in [-0.39, 0.29) is 0 Å². The molecule has 1 rings (SSSR count). The van der Waals surface area contributed by atoms with Gasteiger partial charge in [-0.1, -0.05) is 44.0 Å². The lowest BCUT2D eigenvalue weighted by atomic mass is 10.2. The first kappa shape index (κ1) is 13.0. The average Bonchev–Trinajstić information content (AvgIpc) is 2.34. The van der Waals surface area contributed by atoms with E-state index in [2.05, 4.69) is 44.9 Å². The van der Waals surface area contributed by atoms with Crippen LogP contribution >= 0.6 is 0 Å². The van der Waals surface area contributed by atoms with Gasteiger partial charge >= 0.3 is 0 Å². The highest BCUT2D eigenvalue weighted by Crippen LogP contribution is 2.18. The zero-order valence-corrected chi connectivity index (χ0v) is 10.6. The Balaban J connectivity index is 2.80. The smallest absolute Gasteiger partial charge is 0.0410 e. The van der Waals surface area contributed by atoms with Gasteiger partial charge in [0.05, 0.1) is 0 Å². The summed E-state index contributed by atoms with van der Waals surface area (Å²) in [6.45, 7) is 13.6. The summed E-state index contributed by atoms with van der Waals surface area (Å²) in [4.78, 5) is 2.04. The van der Waals surface area contributed by atoms with Crippen molar-refractivity contribution in [3.05, 3.63) is 79.1 Å². The van der Waals surface area contributed by atoms with Gasteiger partial charge in [-0.15, -0.1) is 0 Å². The average molecular weight is 225 g/mol. The second-order valence-electron chi connectivity index (χ2n) is 4.00. The fraction of sp³-hybridized carbons (Fsp3) is 0.125. The van der Waals surface area contributed by atoms with Crippen LogP contribution in [0.15, 0.2) is 73.5 Å². The maximum atomic E-state index is 4.03. The minimum atomic E-state index is 0.879. The quantitative estimate of drug-likeness (QED) is 0.677. The lowest BCUT2D eigenvalue weighted by Crippen LogP contribution is -2.13. The van der Waals surface area contributed by atoms with Gasteiger partial charge in [0, 0.05) is 18.4 Å². The lowest BCUT2D eigenvalue weighted by molar-refractivity contribution is 1.14. The maximum absolute atomic E-state index is 4.03. The highest BCUT2D eigenvalue weighted by atomic mass is 15.1. The normalized spacial score (nSPS) is 10.2. The summed E-state index contributed by atoms with van der Waals surface area (Å²) in [6, 6.07) is 8.31. The third-order valence-corrected chi connectivity index (χ3v) is 2.57. The zero-order valence-electron chi connectivity index (χ0n) is 10.6. The van der Waals surface area contributed by atoms with E-state index in [1.807, 2.05) is 30.2 Å². The Kier molecular flexibility index (Phi) is 4.53. The Morgan fingerprint density at radius 2 is 1.94 bits per heavy atom. The molecule has 88 valence electrons. The second-order valence-corrected chi connectivity index (χ2v) is 4.00. The van der Waals surface area contributed by atoms with E-state index in [4.69, 9.17) is 0 Å². The highest BCUT2D eigenvalue weighted by Gasteiger charge is 2.01. The van der Waals surface area contributed by atoms with Gasteiger partial charge in [0.25, 0.3) is 0 Å². The van der Waals surface area contributed by atoms with Crippen molar-refractivity contribution in [1.82, 2.24) is 0 Å². The molecule has 0 radical (unpaired) electrons. The Labute approximate surface area is 104 Å². The molecule has 17 heavy (non-hydrogen) atoms. The topological polar surface area (TPSA) is 3.24 Å². The SMILES string of the molecule is C=CC(=C)C=CC(=C)N(C)c1cccc(C)c1. The monoisotopic (exact) mass is 225 g/mol. The van der Waals surface area contributed by atoms with Crippen LogP contribution in [0.2, 0.25) is 0 Å².